The number of halogens is 1. The number of anilines is 1. The van der Waals surface area contributed by atoms with Crippen molar-refractivity contribution in [1.29, 1.82) is 0 Å². The molecule has 0 amide bonds. The second kappa shape index (κ2) is 5.03. The van der Waals surface area contributed by atoms with Crippen molar-refractivity contribution in [3.8, 4) is 0 Å². The van der Waals surface area contributed by atoms with Crippen molar-refractivity contribution in [1.82, 2.24) is 10.2 Å². The summed E-state index contributed by atoms with van der Waals surface area (Å²) in [5.41, 5.74) is 7.38. The van der Waals surface area contributed by atoms with E-state index in [0.717, 1.165) is 20.7 Å². The molecule has 84 valence electrons. The zero-order valence-electron chi connectivity index (χ0n) is 8.61. The zero-order valence-corrected chi connectivity index (χ0v) is 11.0. The summed E-state index contributed by atoms with van der Waals surface area (Å²) in [6.45, 7) is 1.94. The summed E-state index contributed by atoms with van der Waals surface area (Å²) in [5.74, 6) is 0.785. The van der Waals surface area contributed by atoms with Gasteiger partial charge < -0.3 is 5.73 Å². The van der Waals surface area contributed by atoms with Crippen LogP contribution in [0.15, 0.2) is 22.5 Å². The summed E-state index contributed by atoms with van der Waals surface area (Å²) in [6, 6.07) is 5.56. The first kappa shape index (κ1) is 11.7. The predicted octanol–water partition coefficient (Wildman–Crippen LogP) is 3.37. The highest BCUT2D eigenvalue weighted by Gasteiger charge is 2.05. The predicted molar refractivity (Wildman–Crippen MR) is 70.1 cm³/mol. The molecule has 0 bridgehead atoms. The van der Waals surface area contributed by atoms with E-state index in [4.69, 9.17) is 17.3 Å². The molecular formula is C10H10ClN3S2. The van der Waals surface area contributed by atoms with Gasteiger partial charge in [0.25, 0.3) is 0 Å². The number of nitrogens with two attached hydrogens (primary N) is 1. The highest BCUT2D eigenvalue weighted by Crippen LogP contribution is 2.29. The van der Waals surface area contributed by atoms with Gasteiger partial charge in [-0.15, -0.1) is 10.2 Å². The van der Waals surface area contributed by atoms with Crippen LogP contribution in [-0.2, 0) is 5.75 Å². The van der Waals surface area contributed by atoms with Gasteiger partial charge >= 0.3 is 0 Å². The highest BCUT2D eigenvalue weighted by molar-refractivity contribution is 8.00. The summed E-state index contributed by atoms with van der Waals surface area (Å²) in [6.07, 6.45) is 0. The number of nitrogens with zero attached hydrogens (tertiary/aromatic N) is 2. The lowest BCUT2D eigenvalue weighted by molar-refractivity contribution is 0.983. The van der Waals surface area contributed by atoms with E-state index in [0.29, 0.717) is 10.7 Å². The van der Waals surface area contributed by atoms with Gasteiger partial charge in [0.15, 0.2) is 4.34 Å². The molecule has 0 aliphatic carbocycles. The second-order valence-corrected chi connectivity index (χ2v) is 6.04. The first-order valence-corrected chi connectivity index (χ1v) is 6.80. The molecule has 2 aromatic rings. The quantitative estimate of drug-likeness (QED) is 0.687. The maximum absolute atomic E-state index is 6.07. The van der Waals surface area contributed by atoms with Crippen molar-refractivity contribution in [2.75, 3.05) is 5.73 Å². The lowest BCUT2D eigenvalue weighted by Crippen LogP contribution is -1.87. The number of thioether (sulfide) groups is 1. The topological polar surface area (TPSA) is 51.8 Å². The van der Waals surface area contributed by atoms with Gasteiger partial charge in [0.2, 0.25) is 0 Å². The minimum absolute atomic E-state index is 0.686. The van der Waals surface area contributed by atoms with E-state index in [1.807, 2.05) is 19.1 Å². The summed E-state index contributed by atoms with van der Waals surface area (Å²) in [4.78, 5) is 0. The Labute approximate surface area is 107 Å². The lowest BCUT2D eigenvalue weighted by Gasteiger charge is -2.02. The Balaban J connectivity index is 2.04. The molecule has 1 aromatic heterocycles. The fraction of sp³-hybridized carbons (Fsp3) is 0.200. The summed E-state index contributed by atoms with van der Waals surface area (Å²) < 4.78 is 0.963. The largest absolute Gasteiger partial charge is 0.399 e. The van der Waals surface area contributed by atoms with Crippen LogP contribution in [0.3, 0.4) is 0 Å². The van der Waals surface area contributed by atoms with E-state index < -0.39 is 0 Å². The normalized spacial score (nSPS) is 10.6. The Bertz CT molecular complexity index is 499. The number of rotatable bonds is 3. The third-order valence-corrected chi connectivity index (χ3v) is 4.31. The van der Waals surface area contributed by atoms with Gasteiger partial charge in [0, 0.05) is 16.5 Å². The number of benzene rings is 1. The number of hydrogen-bond donors (Lipinski definition) is 1. The van der Waals surface area contributed by atoms with Gasteiger partial charge in [-0.2, -0.15) is 0 Å². The van der Waals surface area contributed by atoms with Crippen molar-refractivity contribution >= 4 is 40.4 Å². The number of nitrogen functional groups attached to an aromatic ring is 1. The molecule has 2 rings (SSSR count). The van der Waals surface area contributed by atoms with Crippen LogP contribution in [0.1, 0.15) is 10.6 Å². The highest BCUT2D eigenvalue weighted by atomic mass is 35.5. The van der Waals surface area contributed by atoms with Gasteiger partial charge in [-0.3, -0.25) is 0 Å². The van der Waals surface area contributed by atoms with Crippen molar-refractivity contribution in [2.24, 2.45) is 0 Å². The van der Waals surface area contributed by atoms with Gasteiger partial charge in [-0.1, -0.05) is 40.8 Å². The molecule has 0 unspecified atom stereocenters. The van der Waals surface area contributed by atoms with Crippen LogP contribution in [-0.4, -0.2) is 10.2 Å². The zero-order chi connectivity index (χ0) is 11.5. The fourth-order valence-electron chi connectivity index (χ4n) is 1.16. The summed E-state index contributed by atoms with van der Waals surface area (Å²) in [5, 5.41) is 9.68. The van der Waals surface area contributed by atoms with E-state index in [-0.39, 0.29) is 0 Å². The molecule has 16 heavy (non-hydrogen) atoms. The molecule has 1 heterocycles. The molecule has 0 fully saturated rings. The maximum atomic E-state index is 6.07. The van der Waals surface area contributed by atoms with Crippen LogP contribution in [0, 0.1) is 6.92 Å². The molecule has 0 atom stereocenters. The van der Waals surface area contributed by atoms with Crippen LogP contribution in [0.25, 0.3) is 0 Å². The molecule has 2 N–H and O–H groups in total. The smallest absolute Gasteiger partial charge is 0.174 e. The van der Waals surface area contributed by atoms with E-state index in [1.54, 1.807) is 29.2 Å². The van der Waals surface area contributed by atoms with Crippen molar-refractivity contribution in [3.63, 3.8) is 0 Å². The minimum atomic E-state index is 0.686. The molecule has 6 heteroatoms. The Morgan fingerprint density at radius 3 is 2.88 bits per heavy atom. The van der Waals surface area contributed by atoms with Crippen LogP contribution < -0.4 is 5.73 Å². The molecule has 0 radical (unpaired) electrons. The van der Waals surface area contributed by atoms with Gasteiger partial charge in [-0.25, -0.2) is 0 Å². The number of hydrogen-bond acceptors (Lipinski definition) is 5. The van der Waals surface area contributed by atoms with Crippen molar-refractivity contribution in [2.45, 2.75) is 17.0 Å². The van der Waals surface area contributed by atoms with E-state index in [1.165, 1.54) is 0 Å². The lowest BCUT2D eigenvalue weighted by atomic mass is 10.2. The number of aromatic nitrogens is 2. The molecule has 0 saturated carbocycles. The SMILES string of the molecule is Cc1nnc(SCc2ccc(N)cc2Cl)s1. The van der Waals surface area contributed by atoms with Crippen LogP contribution in [0.2, 0.25) is 5.02 Å². The average Bonchev–Trinajstić information content (AvgIpc) is 2.63. The first-order chi connectivity index (χ1) is 7.65. The van der Waals surface area contributed by atoms with E-state index >= 15 is 0 Å². The summed E-state index contributed by atoms with van der Waals surface area (Å²) in [7, 11) is 0. The van der Waals surface area contributed by atoms with Gasteiger partial charge in [-0.05, 0) is 24.6 Å². The number of aryl methyl sites for hydroxylation is 1. The Kier molecular flexibility index (Phi) is 3.68. The Hall–Kier alpha value is -0.780. The van der Waals surface area contributed by atoms with E-state index in [9.17, 15) is 0 Å². The molecule has 3 nitrogen and oxygen atoms in total. The molecular weight excluding hydrogens is 262 g/mol. The average molecular weight is 272 g/mol. The first-order valence-electron chi connectivity index (χ1n) is 4.62. The summed E-state index contributed by atoms with van der Waals surface area (Å²) >= 11 is 9.30. The molecule has 0 saturated heterocycles. The van der Waals surface area contributed by atoms with Crippen molar-refractivity contribution < 1.29 is 0 Å². The molecule has 0 aliphatic heterocycles. The van der Waals surface area contributed by atoms with E-state index in [2.05, 4.69) is 10.2 Å². The van der Waals surface area contributed by atoms with Crippen molar-refractivity contribution in [3.05, 3.63) is 33.8 Å². The molecule has 0 aliphatic rings. The monoisotopic (exact) mass is 271 g/mol. The third-order valence-electron chi connectivity index (χ3n) is 1.94. The maximum Gasteiger partial charge on any atom is 0.174 e. The van der Waals surface area contributed by atoms with Crippen LogP contribution in [0.5, 0.6) is 0 Å². The van der Waals surface area contributed by atoms with Gasteiger partial charge in [0.1, 0.15) is 5.01 Å². The standard InChI is InChI=1S/C10H10ClN3S2/c1-6-13-14-10(16-6)15-5-7-2-3-8(12)4-9(7)11/h2-4H,5,12H2,1H3. The molecule has 0 spiro atoms. The van der Waals surface area contributed by atoms with Crippen LogP contribution >= 0.6 is 34.7 Å². The second-order valence-electron chi connectivity index (χ2n) is 3.23. The Morgan fingerprint density at radius 1 is 1.44 bits per heavy atom. The molecule has 1 aromatic carbocycles. The van der Waals surface area contributed by atoms with Crippen LogP contribution in [0.4, 0.5) is 5.69 Å². The Morgan fingerprint density at radius 2 is 2.25 bits per heavy atom. The van der Waals surface area contributed by atoms with Gasteiger partial charge in [0.05, 0.1) is 0 Å². The fourth-order valence-corrected chi connectivity index (χ4v) is 3.31. The minimum Gasteiger partial charge on any atom is -0.399 e. The third kappa shape index (κ3) is 2.87.